The number of benzene rings is 12. The lowest BCUT2D eigenvalue weighted by atomic mass is 9.95. The molecule has 0 saturated carbocycles. The van der Waals surface area contributed by atoms with Gasteiger partial charge in [-0.05, 0) is 145 Å². The third-order valence-electron chi connectivity index (χ3n) is 14.9. The maximum atomic E-state index is 2.43. The van der Waals surface area contributed by atoms with Crippen LogP contribution in [-0.2, 0) is 0 Å². The Morgan fingerprint density at radius 2 is 0.514 bits per heavy atom. The summed E-state index contributed by atoms with van der Waals surface area (Å²) in [5.41, 5.74) is 23.9. The van der Waals surface area contributed by atoms with E-state index < -0.39 is 0 Å². The highest BCUT2D eigenvalue weighted by Gasteiger charge is 2.18. The molecule has 74 heavy (non-hydrogen) atoms. The van der Waals surface area contributed by atoms with Gasteiger partial charge >= 0.3 is 0 Å². The van der Waals surface area contributed by atoms with Crippen molar-refractivity contribution in [3.63, 3.8) is 0 Å². The average Bonchev–Trinajstić information content (AvgIpc) is 4.02. The molecule has 0 bridgehead atoms. The van der Waals surface area contributed by atoms with Gasteiger partial charge in [-0.1, -0.05) is 218 Å². The second-order valence-electron chi connectivity index (χ2n) is 19.3. The number of aromatic nitrogens is 2. The van der Waals surface area contributed by atoms with E-state index in [-0.39, 0.29) is 0 Å². The first-order valence-electron chi connectivity index (χ1n) is 25.5. The van der Waals surface area contributed by atoms with Crippen molar-refractivity contribution in [1.29, 1.82) is 0 Å². The molecule has 0 aliphatic heterocycles. The van der Waals surface area contributed by atoms with Gasteiger partial charge in [0.05, 0.1) is 27.8 Å². The third-order valence-corrected chi connectivity index (χ3v) is 14.9. The first-order chi connectivity index (χ1) is 36.7. The van der Waals surface area contributed by atoms with Crippen molar-refractivity contribution < 1.29 is 0 Å². The molecule has 0 radical (unpaired) electrons. The van der Waals surface area contributed by atoms with Crippen LogP contribution in [0.1, 0.15) is 0 Å². The van der Waals surface area contributed by atoms with E-state index in [1.165, 1.54) is 127 Å². The summed E-state index contributed by atoms with van der Waals surface area (Å²) in [6.45, 7) is 0. The Kier molecular flexibility index (Phi) is 10.6. The van der Waals surface area contributed by atoms with Crippen LogP contribution in [0, 0.1) is 0 Å². The fourth-order valence-electron chi connectivity index (χ4n) is 11.3. The molecule has 0 N–H and O–H groups in total. The molecule has 2 heteroatoms. The second-order valence-corrected chi connectivity index (χ2v) is 19.3. The minimum atomic E-state index is 1.13. The first-order valence-corrected chi connectivity index (χ1v) is 25.5. The molecule has 14 rings (SSSR count). The highest BCUT2D eigenvalue weighted by molar-refractivity contribution is 6.13. The van der Waals surface area contributed by atoms with Gasteiger partial charge < -0.3 is 9.13 Å². The van der Waals surface area contributed by atoms with Crippen LogP contribution >= 0.6 is 0 Å². The standard InChI is InChI=1S/C72H48N2/c1-3-17-49(18-4-1)53-21-13-24-56(43-53)57-25-14-22-54(44-57)50-35-37-51(38-36-50)55-23-15-26-58(45-55)59-27-16-28-62(46-59)73-69-33-11-8-30-64(69)66-47-60(39-41-71(66)73)61-40-42-72-67(48-61)65-31-9-12-34-70(65)74(72)68-32-10-7-29-63(68)52-19-5-2-6-20-52/h1-48H. The molecule has 14 aromatic rings. The molecule has 12 aromatic carbocycles. The molecule has 0 saturated heterocycles. The van der Waals surface area contributed by atoms with Gasteiger partial charge in [0, 0.05) is 32.8 Å². The van der Waals surface area contributed by atoms with Gasteiger partial charge in [-0.2, -0.15) is 0 Å². The van der Waals surface area contributed by atoms with E-state index in [0.29, 0.717) is 0 Å². The molecule has 2 heterocycles. The Labute approximate surface area is 431 Å². The molecule has 346 valence electrons. The van der Waals surface area contributed by atoms with E-state index in [1.807, 2.05) is 0 Å². The topological polar surface area (TPSA) is 9.86 Å². The van der Waals surface area contributed by atoms with E-state index in [0.717, 1.165) is 5.69 Å². The molecular formula is C72H48N2. The van der Waals surface area contributed by atoms with Crippen molar-refractivity contribution in [2.24, 2.45) is 0 Å². The molecule has 0 atom stereocenters. The normalized spacial score (nSPS) is 11.5. The quantitative estimate of drug-likeness (QED) is 0.136. The Morgan fingerprint density at radius 3 is 1.05 bits per heavy atom. The Balaban J connectivity index is 0.777. The zero-order chi connectivity index (χ0) is 49.0. The van der Waals surface area contributed by atoms with Gasteiger partial charge in [0.15, 0.2) is 0 Å². The molecule has 0 fully saturated rings. The number of nitrogens with zero attached hydrogens (tertiary/aromatic N) is 2. The summed E-state index contributed by atoms with van der Waals surface area (Å²) in [6.07, 6.45) is 0. The van der Waals surface area contributed by atoms with Gasteiger partial charge in [-0.15, -0.1) is 0 Å². The maximum absolute atomic E-state index is 2.43. The van der Waals surface area contributed by atoms with E-state index in [4.69, 9.17) is 0 Å². The fraction of sp³-hybridized carbons (Fsp3) is 0. The lowest BCUT2D eigenvalue weighted by molar-refractivity contribution is 1.18. The van der Waals surface area contributed by atoms with E-state index in [2.05, 4.69) is 300 Å². The van der Waals surface area contributed by atoms with Gasteiger partial charge in [-0.3, -0.25) is 0 Å². The molecule has 2 nitrogen and oxygen atoms in total. The van der Waals surface area contributed by atoms with Crippen LogP contribution in [0.25, 0.3) is 133 Å². The van der Waals surface area contributed by atoms with Crippen LogP contribution < -0.4 is 0 Å². The van der Waals surface area contributed by atoms with E-state index in [9.17, 15) is 0 Å². The third kappa shape index (κ3) is 7.60. The van der Waals surface area contributed by atoms with E-state index >= 15 is 0 Å². The van der Waals surface area contributed by atoms with Gasteiger partial charge in [0.2, 0.25) is 0 Å². The van der Waals surface area contributed by atoms with Crippen LogP contribution in [-0.4, -0.2) is 9.13 Å². The van der Waals surface area contributed by atoms with Gasteiger partial charge in [-0.25, -0.2) is 0 Å². The summed E-state index contributed by atoms with van der Waals surface area (Å²) in [5.74, 6) is 0. The predicted octanol–water partition coefficient (Wildman–Crippen LogP) is 19.5. The van der Waals surface area contributed by atoms with Crippen molar-refractivity contribution in [1.82, 2.24) is 9.13 Å². The van der Waals surface area contributed by atoms with Gasteiger partial charge in [0.1, 0.15) is 0 Å². The van der Waals surface area contributed by atoms with Crippen molar-refractivity contribution in [3.05, 3.63) is 291 Å². The second kappa shape index (κ2) is 18.1. The summed E-state index contributed by atoms with van der Waals surface area (Å²) >= 11 is 0. The monoisotopic (exact) mass is 940 g/mol. The Bertz CT molecular complexity index is 4400. The van der Waals surface area contributed by atoms with Crippen LogP contribution in [0.15, 0.2) is 291 Å². The first kappa shape index (κ1) is 43.1. The fourth-order valence-corrected chi connectivity index (χ4v) is 11.3. The zero-order valence-electron chi connectivity index (χ0n) is 40.6. The largest absolute Gasteiger partial charge is 0.309 e. The minimum absolute atomic E-state index is 1.13. The lowest BCUT2D eigenvalue weighted by Gasteiger charge is -2.14. The maximum Gasteiger partial charge on any atom is 0.0541 e. The van der Waals surface area contributed by atoms with E-state index in [1.54, 1.807) is 0 Å². The van der Waals surface area contributed by atoms with Gasteiger partial charge in [0.25, 0.3) is 0 Å². The minimum Gasteiger partial charge on any atom is -0.309 e. The van der Waals surface area contributed by atoms with Crippen LogP contribution in [0.5, 0.6) is 0 Å². The van der Waals surface area contributed by atoms with Crippen molar-refractivity contribution in [3.8, 4) is 89.3 Å². The molecule has 0 spiro atoms. The van der Waals surface area contributed by atoms with Crippen LogP contribution in [0.4, 0.5) is 0 Å². The van der Waals surface area contributed by atoms with Crippen molar-refractivity contribution in [2.75, 3.05) is 0 Å². The summed E-state index contributed by atoms with van der Waals surface area (Å²) < 4.78 is 4.86. The molecule has 0 amide bonds. The zero-order valence-corrected chi connectivity index (χ0v) is 40.6. The number of para-hydroxylation sites is 3. The molecule has 0 aliphatic rings. The number of rotatable bonds is 9. The highest BCUT2D eigenvalue weighted by atomic mass is 15.0. The Morgan fingerprint density at radius 1 is 0.176 bits per heavy atom. The summed E-state index contributed by atoms with van der Waals surface area (Å²) in [4.78, 5) is 0. The number of hydrogen-bond acceptors (Lipinski definition) is 0. The molecule has 0 aliphatic carbocycles. The smallest absolute Gasteiger partial charge is 0.0541 e. The van der Waals surface area contributed by atoms with Crippen molar-refractivity contribution >= 4 is 43.6 Å². The Hall–Kier alpha value is -9.76. The molecule has 2 aromatic heterocycles. The summed E-state index contributed by atoms with van der Waals surface area (Å²) in [5, 5.41) is 4.95. The SMILES string of the molecule is c1ccc(-c2cccc(-c3cccc(-c4ccc(-c5cccc(-c6cccc(-n7c8ccccc8c8cc(-c9ccc%10c(c9)c9ccccc9n%10-c9ccccc9-c9ccccc9)ccc87)c6)c5)cc4)c3)c2)cc1. The van der Waals surface area contributed by atoms with Crippen LogP contribution in [0.3, 0.4) is 0 Å². The summed E-state index contributed by atoms with van der Waals surface area (Å²) in [6, 6.07) is 106. The van der Waals surface area contributed by atoms with Crippen LogP contribution in [0.2, 0.25) is 0 Å². The highest BCUT2D eigenvalue weighted by Crippen LogP contribution is 2.41. The lowest BCUT2D eigenvalue weighted by Crippen LogP contribution is -1.97. The molecular weight excluding hydrogens is 893 g/mol. The predicted molar refractivity (Wildman–Crippen MR) is 313 cm³/mol. The average molecular weight is 941 g/mol. The van der Waals surface area contributed by atoms with Crippen molar-refractivity contribution in [2.45, 2.75) is 0 Å². The molecule has 0 unspecified atom stereocenters. The number of fused-ring (bicyclic) bond motifs is 6. The summed E-state index contributed by atoms with van der Waals surface area (Å²) in [7, 11) is 0. The number of hydrogen-bond donors (Lipinski definition) is 0.